The van der Waals surface area contributed by atoms with Crippen molar-refractivity contribution in [2.75, 3.05) is 19.8 Å². The van der Waals surface area contributed by atoms with Crippen LogP contribution in [0.4, 0.5) is 8.78 Å². The second-order valence-corrected chi connectivity index (χ2v) is 8.62. The van der Waals surface area contributed by atoms with E-state index in [9.17, 15) is 23.5 Å². The molecule has 1 unspecified atom stereocenters. The monoisotopic (exact) mass is 390 g/mol. The van der Waals surface area contributed by atoms with Gasteiger partial charge in [-0.25, -0.2) is 9.59 Å². The third-order valence-electron chi connectivity index (χ3n) is 6.39. The molecule has 1 atom stereocenters. The first-order valence-corrected chi connectivity index (χ1v) is 9.60. The lowest BCUT2D eigenvalue weighted by Crippen LogP contribution is -2.58. The smallest absolute Gasteiger partial charge is 0.376 e. The van der Waals surface area contributed by atoms with Crippen LogP contribution in [0.1, 0.15) is 46.0 Å². The summed E-state index contributed by atoms with van der Waals surface area (Å²) >= 11 is 0. The van der Waals surface area contributed by atoms with Gasteiger partial charge in [-0.2, -0.15) is 8.78 Å². The van der Waals surface area contributed by atoms with Crippen LogP contribution in [-0.2, 0) is 23.8 Å². The summed E-state index contributed by atoms with van der Waals surface area (Å²) in [4.78, 5) is 23.1. The van der Waals surface area contributed by atoms with Gasteiger partial charge in [0, 0.05) is 6.92 Å². The lowest BCUT2D eigenvalue weighted by atomic mass is 9.50. The Morgan fingerprint density at radius 2 is 1.67 bits per heavy atom. The summed E-state index contributed by atoms with van der Waals surface area (Å²) < 4.78 is 40.5. The Hall–Kier alpha value is -1.28. The van der Waals surface area contributed by atoms with E-state index in [0.29, 0.717) is 18.8 Å². The van der Waals surface area contributed by atoms with Crippen molar-refractivity contribution in [1.82, 2.24) is 0 Å². The van der Waals surface area contributed by atoms with Gasteiger partial charge < -0.3 is 19.3 Å². The molecule has 4 aliphatic rings. The molecule has 0 aromatic carbocycles. The maximum Gasteiger partial charge on any atom is 0.376 e. The summed E-state index contributed by atoms with van der Waals surface area (Å²) in [6.45, 7) is 1.17. The second kappa shape index (κ2) is 7.62. The van der Waals surface area contributed by atoms with E-state index < -0.39 is 36.2 Å². The van der Waals surface area contributed by atoms with Crippen LogP contribution in [0.2, 0.25) is 0 Å². The summed E-state index contributed by atoms with van der Waals surface area (Å²) in [7, 11) is 0. The molecule has 0 saturated heterocycles. The molecule has 154 valence electrons. The van der Waals surface area contributed by atoms with Gasteiger partial charge in [-0.1, -0.05) is 0 Å². The van der Waals surface area contributed by atoms with Crippen LogP contribution in [-0.4, -0.2) is 54.5 Å². The SMILES string of the molecule is CC(F)(F)C(=O)OCC(O)COCC(=O)OC1(C)C2CC3CC(C2)CC1C3. The van der Waals surface area contributed by atoms with Gasteiger partial charge in [0.25, 0.3) is 0 Å². The van der Waals surface area contributed by atoms with E-state index in [4.69, 9.17) is 9.47 Å². The highest BCUT2D eigenvalue weighted by molar-refractivity contribution is 5.76. The molecule has 4 saturated carbocycles. The van der Waals surface area contributed by atoms with Crippen LogP contribution < -0.4 is 0 Å². The Morgan fingerprint density at radius 1 is 1.11 bits per heavy atom. The Labute approximate surface area is 157 Å². The van der Waals surface area contributed by atoms with E-state index >= 15 is 0 Å². The third-order valence-corrected chi connectivity index (χ3v) is 6.39. The van der Waals surface area contributed by atoms with Crippen molar-refractivity contribution in [2.24, 2.45) is 23.7 Å². The molecule has 0 radical (unpaired) electrons. The Bertz CT molecular complexity index is 545. The summed E-state index contributed by atoms with van der Waals surface area (Å²) in [5.74, 6) is -3.48. The van der Waals surface area contributed by atoms with Gasteiger partial charge in [-0.3, -0.25) is 0 Å². The van der Waals surface area contributed by atoms with Gasteiger partial charge in [0.05, 0.1) is 6.61 Å². The molecule has 27 heavy (non-hydrogen) atoms. The highest BCUT2D eigenvalue weighted by Crippen LogP contribution is 2.59. The van der Waals surface area contributed by atoms with Crippen LogP contribution in [0, 0.1) is 23.7 Å². The van der Waals surface area contributed by atoms with Crippen molar-refractivity contribution < 1.29 is 37.7 Å². The van der Waals surface area contributed by atoms with Crippen molar-refractivity contribution in [3.63, 3.8) is 0 Å². The van der Waals surface area contributed by atoms with Gasteiger partial charge in [0.1, 0.15) is 24.9 Å². The van der Waals surface area contributed by atoms with Crippen molar-refractivity contribution in [2.45, 2.75) is 63.6 Å². The second-order valence-electron chi connectivity index (χ2n) is 8.62. The van der Waals surface area contributed by atoms with Crippen molar-refractivity contribution in [3.05, 3.63) is 0 Å². The number of aliphatic hydroxyl groups is 1. The van der Waals surface area contributed by atoms with Crippen molar-refractivity contribution in [3.8, 4) is 0 Å². The average Bonchev–Trinajstić information content (AvgIpc) is 2.56. The molecule has 4 aliphatic carbocycles. The number of halogens is 2. The minimum absolute atomic E-state index is 0.314. The number of aliphatic hydroxyl groups excluding tert-OH is 1. The summed E-state index contributed by atoms with van der Waals surface area (Å²) in [6.07, 6.45) is 4.48. The van der Waals surface area contributed by atoms with E-state index in [1.54, 1.807) is 0 Å². The fourth-order valence-electron chi connectivity index (χ4n) is 5.19. The Kier molecular flexibility index (Phi) is 5.77. The van der Waals surface area contributed by atoms with Crippen LogP contribution in [0.15, 0.2) is 0 Å². The first-order valence-electron chi connectivity index (χ1n) is 9.60. The number of carbonyl (C=O) groups excluding carboxylic acids is 2. The van der Waals surface area contributed by atoms with E-state index in [2.05, 4.69) is 4.74 Å². The molecular formula is C19H28F2O6. The number of esters is 2. The zero-order valence-corrected chi connectivity index (χ0v) is 15.8. The highest BCUT2D eigenvalue weighted by Gasteiger charge is 2.57. The summed E-state index contributed by atoms with van der Waals surface area (Å²) in [5.41, 5.74) is -0.450. The van der Waals surface area contributed by atoms with Gasteiger partial charge in [-0.15, -0.1) is 0 Å². The molecule has 4 fully saturated rings. The van der Waals surface area contributed by atoms with E-state index in [-0.39, 0.29) is 13.2 Å². The zero-order chi connectivity index (χ0) is 19.8. The van der Waals surface area contributed by atoms with E-state index in [1.807, 2.05) is 6.92 Å². The largest absolute Gasteiger partial charge is 0.458 e. The quantitative estimate of drug-likeness (QED) is 0.641. The molecule has 0 aromatic heterocycles. The van der Waals surface area contributed by atoms with Crippen LogP contribution in [0.5, 0.6) is 0 Å². The average molecular weight is 390 g/mol. The number of hydrogen-bond acceptors (Lipinski definition) is 6. The van der Waals surface area contributed by atoms with Gasteiger partial charge in [0.2, 0.25) is 0 Å². The summed E-state index contributed by atoms with van der Waals surface area (Å²) in [6, 6.07) is 0. The molecular weight excluding hydrogens is 362 g/mol. The van der Waals surface area contributed by atoms with Crippen LogP contribution >= 0.6 is 0 Å². The number of ether oxygens (including phenoxy) is 3. The Morgan fingerprint density at radius 3 is 2.19 bits per heavy atom. The predicted molar refractivity (Wildman–Crippen MR) is 89.9 cm³/mol. The molecule has 0 spiro atoms. The molecule has 0 aromatic rings. The Balaban J connectivity index is 1.38. The first-order chi connectivity index (χ1) is 12.6. The lowest BCUT2D eigenvalue weighted by Gasteiger charge is -2.59. The van der Waals surface area contributed by atoms with E-state index in [1.165, 1.54) is 6.42 Å². The molecule has 4 bridgehead atoms. The van der Waals surface area contributed by atoms with Gasteiger partial charge in [-0.05, 0) is 62.7 Å². The van der Waals surface area contributed by atoms with Gasteiger partial charge in [0.15, 0.2) is 0 Å². The zero-order valence-electron chi connectivity index (χ0n) is 15.8. The molecule has 4 rings (SSSR count). The van der Waals surface area contributed by atoms with Crippen LogP contribution in [0.25, 0.3) is 0 Å². The number of hydrogen-bond donors (Lipinski definition) is 1. The highest BCUT2D eigenvalue weighted by atomic mass is 19.3. The molecule has 1 N–H and O–H groups in total. The minimum atomic E-state index is -3.61. The normalized spacial score (nSPS) is 35.7. The molecule has 0 heterocycles. The molecule has 8 heteroatoms. The van der Waals surface area contributed by atoms with Crippen LogP contribution in [0.3, 0.4) is 0 Å². The first kappa shape index (κ1) is 20.5. The predicted octanol–water partition coefficient (Wildman–Crippen LogP) is 2.32. The maximum absolute atomic E-state index is 12.7. The topological polar surface area (TPSA) is 82.1 Å². The minimum Gasteiger partial charge on any atom is -0.458 e. The lowest BCUT2D eigenvalue weighted by molar-refractivity contribution is -0.207. The summed E-state index contributed by atoms with van der Waals surface area (Å²) in [5, 5.41) is 9.61. The number of alkyl halides is 2. The third kappa shape index (κ3) is 4.59. The van der Waals surface area contributed by atoms with Crippen molar-refractivity contribution >= 4 is 11.9 Å². The maximum atomic E-state index is 12.7. The van der Waals surface area contributed by atoms with Crippen molar-refractivity contribution in [1.29, 1.82) is 0 Å². The fraction of sp³-hybridized carbons (Fsp3) is 0.895. The number of rotatable bonds is 8. The fourth-order valence-corrected chi connectivity index (χ4v) is 5.19. The van der Waals surface area contributed by atoms with E-state index in [0.717, 1.165) is 37.5 Å². The molecule has 0 aliphatic heterocycles. The van der Waals surface area contributed by atoms with Gasteiger partial charge >= 0.3 is 17.9 Å². The molecule has 6 nitrogen and oxygen atoms in total. The standard InChI is InChI=1S/C19H28F2O6/c1-18(13-4-11-3-12(6-13)7-14(18)5-11)27-16(23)10-25-8-15(22)9-26-17(24)19(2,20)21/h11-15,22H,3-10H2,1-2H3. The molecule has 0 amide bonds. The number of carbonyl (C=O) groups is 2.